The third kappa shape index (κ3) is 4.85. The molecule has 6 nitrogen and oxygen atoms in total. The molecule has 0 bridgehead atoms. The van der Waals surface area contributed by atoms with Crippen molar-refractivity contribution in [3.05, 3.63) is 48.0 Å². The van der Waals surface area contributed by atoms with Gasteiger partial charge in [0.05, 0.1) is 18.7 Å². The van der Waals surface area contributed by atoms with Crippen LogP contribution in [0, 0.1) is 0 Å². The summed E-state index contributed by atoms with van der Waals surface area (Å²) in [7, 11) is 0. The van der Waals surface area contributed by atoms with Crippen LogP contribution in [0.2, 0.25) is 0 Å². The lowest BCUT2D eigenvalue weighted by Crippen LogP contribution is -2.39. The highest BCUT2D eigenvalue weighted by Gasteiger charge is 2.31. The van der Waals surface area contributed by atoms with E-state index in [4.69, 9.17) is 16.7 Å². The van der Waals surface area contributed by atoms with Crippen molar-refractivity contribution in [3.63, 3.8) is 0 Å². The summed E-state index contributed by atoms with van der Waals surface area (Å²) in [6.45, 7) is -0.367. The number of nitrogens with two attached hydrogens (primary N) is 2. The van der Waals surface area contributed by atoms with Gasteiger partial charge in [0.15, 0.2) is 0 Å². The molecule has 0 fully saturated rings. The zero-order valence-corrected chi connectivity index (χ0v) is 13.0. The number of aliphatic hydroxyl groups is 1. The molecule has 0 saturated carbocycles. The highest BCUT2D eigenvalue weighted by Crippen LogP contribution is 2.28. The smallest absolute Gasteiger partial charge is 0.406 e. The molecule has 0 radical (unpaired) electrons. The molecule has 2 rings (SSSR count). The zero-order valence-electron chi connectivity index (χ0n) is 13.0. The van der Waals surface area contributed by atoms with Gasteiger partial charge in [-0.15, -0.1) is 13.2 Å². The van der Waals surface area contributed by atoms with Crippen molar-refractivity contribution in [1.82, 2.24) is 5.01 Å². The number of rotatable bonds is 5. The van der Waals surface area contributed by atoms with E-state index in [1.54, 1.807) is 6.07 Å². The van der Waals surface area contributed by atoms with E-state index in [1.807, 2.05) is 0 Å². The number of carbonyl (C=O) groups is 1. The normalized spacial score (nSPS) is 11.2. The number of ether oxygens (including phenoxy) is 1. The van der Waals surface area contributed by atoms with Gasteiger partial charge in [-0.05, 0) is 35.4 Å². The fraction of sp³-hybridized carbons (Fsp3) is 0.188. The van der Waals surface area contributed by atoms with Crippen LogP contribution in [0.15, 0.2) is 42.5 Å². The second kappa shape index (κ2) is 7.41. The lowest BCUT2D eigenvalue weighted by molar-refractivity contribution is -0.274. The number of nitrogens with zero attached hydrogens (tertiary/aromatic N) is 1. The number of halogens is 3. The van der Waals surface area contributed by atoms with Crippen LogP contribution in [0.1, 0.15) is 10.4 Å². The number of aliphatic hydroxyl groups excluding tert-OH is 1. The van der Waals surface area contributed by atoms with E-state index < -0.39 is 12.3 Å². The lowest BCUT2D eigenvalue weighted by Gasteiger charge is -2.17. The monoisotopic (exact) mass is 355 g/mol. The first-order valence-corrected chi connectivity index (χ1v) is 7.14. The molecule has 5 N–H and O–H groups in total. The number of hydrazine groups is 1. The third-order valence-electron chi connectivity index (χ3n) is 3.31. The zero-order chi connectivity index (χ0) is 18.6. The predicted octanol–water partition coefficient (Wildman–Crippen LogP) is 2.14. The first kappa shape index (κ1) is 18.6. The molecule has 0 aliphatic rings. The van der Waals surface area contributed by atoms with Gasteiger partial charge in [-0.2, -0.15) is 0 Å². The standard InChI is InChI=1S/C16H16F3N3O3/c17-16(18,19)25-12-4-1-10(2-5-12)11-3-6-14(20)13(9-11)15(24)22(21)7-8-23/h1-6,9,23H,7-8,20-21H2. The summed E-state index contributed by atoms with van der Waals surface area (Å²) in [6, 6.07) is 9.79. The van der Waals surface area contributed by atoms with Gasteiger partial charge in [0.2, 0.25) is 0 Å². The van der Waals surface area contributed by atoms with E-state index in [9.17, 15) is 18.0 Å². The van der Waals surface area contributed by atoms with Gasteiger partial charge in [-0.25, -0.2) is 5.84 Å². The Hall–Kier alpha value is -2.78. The van der Waals surface area contributed by atoms with E-state index in [-0.39, 0.29) is 30.2 Å². The first-order valence-electron chi connectivity index (χ1n) is 7.14. The molecule has 0 heterocycles. The maximum absolute atomic E-state index is 12.2. The van der Waals surface area contributed by atoms with E-state index >= 15 is 0 Å². The molecular formula is C16H16F3N3O3. The van der Waals surface area contributed by atoms with Gasteiger partial charge in [0, 0.05) is 5.69 Å². The Morgan fingerprint density at radius 2 is 1.72 bits per heavy atom. The van der Waals surface area contributed by atoms with Crippen molar-refractivity contribution in [2.45, 2.75) is 6.36 Å². The fourth-order valence-electron chi connectivity index (χ4n) is 2.13. The Kier molecular flexibility index (Phi) is 5.50. The van der Waals surface area contributed by atoms with Crippen LogP contribution in [-0.2, 0) is 0 Å². The van der Waals surface area contributed by atoms with Gasteiger partial charge in [-0.3, -0.25) is 9.80 Å². The molecule has 0 atom stereocenters. The van der Waals surface area contributed by atoms with Crippen LogP contribution in [0.4, 0.5) is 18.9 Å². The third-order valence-corrected chi connectivity index (χ3v) is 3.31. The van der Waals surface area contributed by atoms with Crippen LogP contribution in [-0.4, -0.2) is 35.5 Å². The number of benzene rings is 2. The number of anilines is 1. The summed E-state index contributed by atoms with van der Waals surface area (Å²) in [5, 5.41) is 9.67. The van der Waals surface area contributed by atoms with Crippen LogP contribution in [0.3, 0.4) is 0 Å². The molecule has 0 aliphatic heterocycles. The number of hydrogen-bond donors (Lipinski definition) is 3. The molecule has 1 amide bonds. The maximum atomic E-state index is 12.2. The van der Waals surface area contributed by atoms with Crippen molar-refractivity contribution in [2.24, 2.45) is 5.84 Å². The minimum atomic E-state index is -4.76. The lowest BCUT2D eigenvalue weighted by atomic mass is 10.0. The van der Waals surface area contributed by atoms with Crippen molar-refractivity contribution < 1.29 is 27.8 Å². The van der Waals surface area contributed by atoms with Gasteiger partial charge < -0.3 is 15.6 Å². The molecule has 9 heteroatoms. The average molecular weight is 355 g/mol. The Morgan fingerprint density at radius 1 is 1.12 bits per heavy atom. The fourth-order valence-corrected chi connectivity index (χ4v) is 2.13. The topological polar surface area (TPSA) is 102 Å². The van der Waals surface area contributed by atoms with Crippen LogP contribution < -0.4 is 16.3 Å². The summed E-state index contributed by atoms with van der Waals surface area (Å²) >= 11 is 0. The largest absolute Gasteiger partial charge is 0.573 e. The summed E-state index contributed by atoms with van der Waals surface area (Å²) in [5.41, 5.74) is 7.24. The maximum Gasteiger partial charge on any atom is 0.573 e. The van der Waals surface area contributed by atoms with E-state index in [2.05, 4.69) is 4.74 Å². The minimum Gasteiger partial charge on any atom is -0.406 e. The second-order valence-corrected chi connectivity index (χ2v) is 5.10. The van der Waals surface area contributed by atoms with Crippen LogP contribution in [0.5, 0.6) is 5.75 Å². The average Bonchev–Trinajstić information content (AvgIpc) is 2.54. The number of alkyl halides is 3. The molecule has 2 aromatic carbocycles. The van der Waals surface area contributed by atoms with E-state index in [0.717, 1.165) is 5.01 Å². The van der Waals surface area contributed by atoms with Crippen LogP contribution in [0.25, 0.3) is 11.1 Å². The molecule has 25 heavy (non-hydrogen) atoms. The van der Waals surface area contributed by atoms with Crippen molar-refractivity contribution in [2.75, 3.05) is 18.9 Å². The summed E-state index contributed by atoms with van der Waals surface area (Å²) < 4.78 is 40.4. The Labute approximate surface area is 141 Å². The molecule has 0 aliphatic carbocycles. The van der Waals surface area contributed by atoms with E-state index in [1.165, 1.54) is 36.4 Å². The number of amides is 1. The molecule has 2 aromatic rings. The molecule has 134 valence electrons. The minimum absolute atomic E-state index is 0.0635. The van der Waals surface area contributed by atoms with Crippen molar-refractivity contribution in [3.8, 4) is 16.9 Å². The quantitative estimate of drug-likeness (QED) is 0.330. The van der Waals surface area contributed by atoms with Crippen molar-refractivity contribution >= 4 is 11.6 Å². The highest BCUT2D eigenvalue weighted by molar-refractivity contribution is 6.00. The highest BCUT2D eigenvalue weighted by atomic mass is 19.4. The van der Waals surface area contributed by atoms with Gasteiger partial charge in [0.25, 0.3) is 5.91 Å². The van der Waals surface area contributed by atoms with Gasteiger partial charge in [0.1, 0.15) is 5.75 Å². The van der Waals surface area contributed by atoms with Gasteiger partial charge >= 0.3 is 6.36 Å². The summed E-state index contributed by atoms with van der Waals surface area (Å²) in [5.74, 6) is 4.61. The molecular weight excluding hydrogens is 339 g/mol. The van der Waals surface area contributed by atoms with E-state index in [0.29, 0.717) is 11.1 Å². The molecule has 0 spiro atoms. The number of nitrogen functional groups attached to an aromatic ring is 1. The SMILES string of the molecule is Nc1ccc(-c2ccc(OC(F)(F)F)cc2)cc1C(=O)N(N)CCO. The predicted molar refractivity (Wildman–Crippen MR) is 85.3 cm³/mol. The number of hydrogen-bond acceptors (Lipinski definition) is 5. The molecule has 0 aromatic heterocycles. The second-order valence-electron chi connectivity index (χ2n) is 5.10. The molecule has 0 unspecified atom stereocenters. The summed E-state index contributed by atoms with van der Waals surface area (Å²) in [4.78, 5) is 12.2. The molecule has 0 saturated heterocycles. The Balaban J connectivity index is 2.28. The Bertz CT molecular complexity index is 749. The van der Waals surface area contributed by atoms with Crippen molar-refractivity contribution in [1.29, 1.82) is 0 Å². The van der Waals surface area contributed by atoms with Gasteiger partial charge in [-0.1, -0.05) is 18.2 Å². The van der Waals surface area contributed by atoms with Crippen LogP contribution >= 0.6 is 0 Å². The summed E-state index contributed by atoms with van der Waals surface area (Å²) in [6.07, 6.45) is -4.76. The Morgan fingerprint density at radius 3 is 2.28 bits per heavy atom. The first-order chi connectivity index (χ1) is 11.7. The number of carbonyl (C=O) groups excluding carboxylic acids is 1.